The van der Waals surface area contributed by atoms with E-state index in [-0.39, 0.29) is 0 Å². The van der Waals surface area contributed by atoms with E-state index in [0.717, 1.165) is 17.1 Å². The lowest BCUT2D eigenvalue weighted by atomic mass is 9.94. The molecule has 0 heterocycles. The molecule has 0 saturated heterocycles. The van der Waals surface area contributed by atoms with Crippen LogP contribution in [0.1, 0.15) is 0 Å². The van der Waals surface area contributed by atoms with Gasteiger partial charge in [0, 0.05) is 16.9 Å². The molecule has 0 saturated carbocycles. The van der Waals surface area contributed by atoms with Crippen molar-refractivity contribution in [2.75, 3.05) is 4.90 Å². The first kappa shape index (κ1) is 32.0. The van der Waals surface area contributed by atoms with E-state index in [2.05, 4.69) is 229 Å². The lowest BCUT2D eigenvalue weighted by Gasteiger charge is -2.28. The Morgan fingerprint density at radius 1 is 0.245 bits per heavy atom. The molecule has 0 aliphatic carbocycles. The van der Waals surface area contributed by atoms with Gasteiger partial charge in [0.1, 0.15) is 0 Å². The van der Waals surface area contributed by atoms with Crippen LogP contribution in [-0.2, 0) is 0 Å². The second kappa shape index (κ2) is 14.3. The van der Waals surface area contributed by atoms with Crippen LogP contribution in [0.15, 0.2) is 224 Å². The highest BCUT2D eigenvalue weighted by molar-refractivity contribution is 5.97. The van der Waals surface area contributed by atoms with E-state index >= 15 is 0 Å². The van der Waals surface area contributed by atoms with E-state index in [1.807, 2.05) is 0 Å². The number of nitrogens with zero attached hydrogens (tertiary/aromatic N) is 1. The summed E-state index contributed by atoms with van der Waals surface area (Å²) in [5.74, 6) is 0. The first-order chi connectivity index (χ1) is 26.3. The van der Waals surface area contributed by atoms with Crippen LogP contribution >= 0.6 is 0 Å². The zero-order valence-electron chi connectivity index (χ0n) is 29.3. The molecule has 9 aromatic rings. The largest absolute Gasteiger partial charge is 0.310 e. The third kappa shape index (κ3) is 6.53. The standard InChI is InChI=1S/C52H37N/c1-3-14-38(15-4-1)39-28-32-47(33-29-39)53(52-27-10-9-25-51(52)42-16-5-2-6-17-42)48-34-30-40(31-35-48)43-20-11-21-44(36-43)45-22-12-23-46(37-45)50-26-13-19-41-18-7-8-24-49(41)50/h1-37H. The first-order valence-corrected chi connectivity index (χ1v) is 18.2. The Bertz CT molecular complexity index is 2640. The molecule has 0 fully saturated rings. The summed E-state index contributed by atoms with van der Waals surface area (Å²) in [7, 11) is 0. The van der Waals surface area contributed by atoms with Gasteiger partial charge < -0.3 is 4.90 Å². The summed E-state index contributed by atoms with van der Waals surface area (Å²) in [4.78, 5) is 2.37. The number of hydrogen-bond acceptors (Lipinski definition) is 1. The van der Waals surface area contributed by atoms with Gasteiger partial charge in [0.15, 0.2) is 0 Å². The highest BCUT2D eigenvalue weighted by Gasteiger charge is 2.17. The lowest BCUT2D eigenvalue weighted by molar-refractivity contribution is 1.28. The highest BCUT2D eigenvalue weighted by atomic mass is 15.1. The van der Waals surface area contributed by atoms with Crippen LogP contribution < -0.4 is 4.90 Å². The second-order valence-electron chi connectivity index (χ2n) is 13.4. The van der Waals surface area contributed by atoms with Crippen molar-refractivity contribution in [3.05, 3.63) is 224 Å². The quantitative estimate of drug-likeness (QED) is 0.155. The second-order valence-corrected chi connectivity index (χ2v) is 13.4. The normalized spacial score (nSPS) is 11.0. The van der Waals surface area contributed by atoms with Crippen LogP contribution in [0.3, 0.4) is 0 Å². The zero-order valence-corrected chi connectivity index (χ0v) is 29.3. The monoisotopic (exact) mass is 675 g/mol. The third-order valence-electron chi connectivity index (χ3n) is 10.1. The minimum atomic E-state index is 1.10. The zero-order chi connectivity index (χ0) is 35.4. The maximum Gasteiger partial charge on any atom is 0.0540 e. The van der Waals surface area contributed by atoms with Crippen LogP contribution in [-0.4, -0.2) is 0 Å². The van der Waals surface area contributed by atoms with Gasteiger partial charge >= 0.3 is 0 Å². The molecule has 0 atom stereocenters. The summed E-state index contributed by atoms with van der Waals surface area (Å²) in [5.41, 5.74) is 15.4. The molecule has 9 aromatic carbocycles. The topological polar surface area (TPSA) is 3.24 Å². The number of fused-ring (bicyclic) bond motifs is 1. The molecule has 0 aromatic heterocycles. The van der Waals surface area contributed by atoms with Crippen molar-refractivity contribution < 1.29 is 0 Å². The van der Waals surface area contributed by atoms with E-state index in [0.29, 0.717) is 0 Å². The minimum Gasteiger partial charge on any atom is -0.310 e. The van der Waals surface area contributed by atoms with E-state index in [1.54, 1.807) is 0 Å². The first-order valence-electron chi connectivity index (χ1n) is 18.2. The fourth-order valence-corrected chi connectivity index (χ4v) is 7.42. The Kier molecular flexibility index (Phi) is 8.66. The fourth-order valence-electron chi connectivity index (χ4n) is 7.42. The molecule has 0 amide bonds. The van der Waals surface area contributed by atoms with Crippen molar-refractivity contribution in [2.45, 2.75) is 0 Å². The maximum absolute atomic E-state index is 2.37. The van der Waals surface area contributed by atoms with Gasteiger partial charge in [-0.15, -0.1) is 0 Å². The van der Waals surface area contributed by atoms with Gasteiger partial charge in [0.25, 0.3) is 0 Å². The summed E-state index contributed by atoms with van der Waals surface area (Å²) >= 11 is 0. The van der Waals surface area contributed by atoms with Crippen LogP contribution in [0.2, 0.25) is 0 Å². The molecule has 53 heavy (non-hydrogen) atoms. The van der Waals surface area contributed by atoms with Crippen LogP contribution in [0.4, 0.5) is 17.1 Å². The number of rotatable bonds is 8. The molecular weight excluding hydrogens is 639 g/mol. The van der Waals surface area contributed by atoms with Gasteiger partial charge in [-0.1, -0.05) is 182 Å². The Balaban J connectivity index is 1.08. The molecule has 0 radical (unpaired) electrons. The number of hydrogen-bond donors (Lipinski definition) is 0. The van der Waals surface area contributed by atoms with Crippen molar-refractivity contribution in [3.63, 3.8) is 0 Å². The molecule has 0 spiro atoms. The van der Waals surface area contributed by atoms with Crippen molar-refractivity contribution in [3.8, 4) is 55.6 Å². The van der Waals surface area contributed by atoms with Crippen LogP contribution in [0.5, 0.6) is 0 Å². The number of benzene rings is 9. The smallest absolute Gasteiger partial charge is 0.0540 e. The van der Waals surface area contributed by atoms with Crippen LogP contribution in [0.25, 0.3) is 66.4 Å². The number of anilines is 3. The molecule has 0 N–H and O–H groups in total. The average molecular weight is 676 g/mol. The fraction of sp³-hybridized carbons (Fsp3) is 0. The van der Waals surface area contributed by atoms with Crippen molar-refractivity contribution in [1.29, 1.82) is 0 Å². The minimum absolute atomic E-state index is 1.10. The summed E-state index contributed by atoms with van der Waals surface area (Å²) < 4.78 is 0. The van der Waals surface area contributed by atoms with E-state index < -0.39 is 0 Å². The molecule has 0 aliphatic rings. The predicted octanol–water partition coefficient (Wildman–Crippen LogP) is 14.6. The molecule has 0 unspecified atom stereocenters. The van der Waals surface area contributed by atoms with Crippen LogP contribution in [0, 0.1) is 0 Å². The third-order valence-corrected chi connectivity index (χ3v) is 10.1. The van der Waals surface area contributed by atoms with Gasteiger partial charge in [-0.3, -0.25) is 0 Å². The summed E-state index contributed by atoms with van der Waals surface area (Å²) in [6.07, 6.45) is 0. The Morgan fingerprint density at radius 2 is 0.660 bits per heavy atom. The number of para-hydroxylation sites is 1. The van der Waals surface area contributed by atoms with E-state index in [9.17, 15) is 0 Å². The van der Waals surface area contributed by atoms with Gasteiger partial charge in [-0.05, 0) is 103 Å². The molecule has 0 aliphatic heterocycles. The predicted molar refractivity (Wildman–Crippen MR) is 226 cm³/mol. The Morgan fingerprint density at radius 3 is 1.34 bits per heavy atom. The lowest BCUT2D eigenvalue weighted by Crippen LogP contribution is -2.11. The van der Waals surface area contributed by atoms with E-state index in [4.69, 9.17) is 0 Å². The van der Waals surface area contributed by atoms with Crippen molar-refractivity contribution in [1.82, 2.24) is 0 Å². The molecule has 250 valence electrons. The van der Waals surface area contributed by atoms with Crippen molar-refractivity contribution >= 4 is 27.8 Å². The van der Waals surface area contributed by atoms with Gasteiger partial charge in [0.05, 0.1) is 5.69 Å². The Labute approximate surface area is 311 Å². The molecular formula is C52H37N. The SMILES string of the molecule is c1ccc(-c2ccc(N(c3ccc(-c4cccc(-c5cccc(-c6cccc7ccccc67)c5)c4)cc3)c3ccccc3-c3ccccc3)cc2)cc1. The van der Waals surface area contributed by atoms with E-state index in [1.165, 1.54) is 66.4 Å². The van der Waals surface area contributed by atoms with Gasteiger partial charge in [-0.2, -0.15) is 0 Å². The summed E-state index contributed by atoms with van der Waals surface area (Å²) in [6.45, 7) is 0. The maximum atomic E-state index is 2.37. The highest BCUT2D eigenvalue weighted by Crippen LogP contribution is 2.42. The molecule has 9 rings (SSSR count). The Hall–Kier alpha value is -6.96. The molecule has 1 heteroatoms. The average Bonchev–Trinajstić information content (AvgIpc) is 3.25. The molecule has 1 nitrogen and oxygen atoms in total. The summed E-state index contributed by atoms with van der Waals surface area (Å²) in [6, 6.07) is 80.7. The van der Waals surface area contributed by atoms with Gasteiger partial charge in [-0.25, -0.2) is 0 Å². The van der Waals surface area contributed by atoms with Crippen molar-refractivity contribution in [2.24, 2.45) is 0 Å². The summed E-state index contributed by atoms with van der Waals surface area (Å²) in [5, 5.41) is 2.53. The molecule has 0 bridgehead atoms. The van der Waals surface area contributed by atoms with Gasteiger partial charge in [0.2, 0.25) is 0 Å².